The summed E-state index contributed by atoms with van der Waals surface area (Å²) < 4.78 is 10.6. The predicted octanol–water partition coefficient (Wildman–Crippen LogP) is 2.26. The third-order valence-electron chi connectivity index (χ3n) is 2.96. The van der Waals surface area contributed by atoms with Gasteiger partial charge in [0.05, 0.1) is 0 Å². The highest BCUT2D eigenvalue weighted by Crippen LogP contribution is 2.35. The van der Waals surface area contributed by atoms with E-state index in [2.05, 4.69) is 17.4 Å². The Hall–Kier alpha value is -0.870. The van der Waals surface area contributed by atoms with Gasteiger partial charge in [-0.3, -0.25) is 0 Å². The van der Waals surface area contributed by atoms with E-state index < -0.39 is 0 Å². The van der Waals surface area contributed by atoms with Gasteiger partial charge < -0.3 is 14.8 Å². The lowest BCUT2D eigenvalue weighted by Crippen LogP contribution is -2.23. The molecule has 3 rings (SSSR count). The van der Waals surface area contributed by atoms with Gasteiger partial charge in [-0.05, 0) is 37.6 Å². The minimum absolute atomic E-state index is 0.355. The van der Waals surface area contributed by atoms with Crippen LogP contribution in [-0.4, -0.2) is 25.1 Å². The Kier molecular flexibility index (Phi) is 2.93. The van der Waals surface area contributed by atoms with Gasteiger partial charge in [0.2, 0.25) is 6.79 Å². The van der Waals surface area contributed by atoms with E-state index in [0.717, 1.165) is 17.3 Å². The minimum Gasteiger partial charge on any atom is -0.454 e. The van der Waals surface area contributed by atoms with Gasteiger partial charge in [0.15, 0.2) is 11.5 Å². The van der Waals surface area contributed by atoms with Crippen molar-refractivity contribution < 1.29 is 9.47 Å². The quantitative estimate of drug-likeness (QED) is 0.817. The summed E-state index contributed by atoms with van der Waals surface area (Å²) in [5, 5.41) is 3.50. The molecule has 0 amide bonds. The van der Waals surface area contributed by atoms with E-state index in [9.17, 15) is 0 Å². The third kappa shape index (κ3) is 2.13. The van der Waals surface area contributed by atoms with Crippen LogP contribution in [0, 0.1) is 0 Å². The van der Waals surface area contributed by atoms with Crippen LogP contribution in [0.2, 0.25) is 0 Å². The van der Waals surface area contributed by atoms with E-state index in [-0.39, 0.29) is 0 Å². The lowest BCUT2D eigenvalue weighted by atomic mass is 10.3. The minimum atomic E-state index is 0.355. The van der Waals surface area contributed by atoms with E-state index in [0.29, 0.717) is 12.8 Å². The average Bonchev–Trinajstić information content (AvgIpc) is 2.97. The van der Waals surface area contributed by atoms with Crippen LogP contribution in [0.5, 0.6) is 11.5 Å². The molecule has 2 heterocycles. The molecule has 1 atom stereocenters. The van der Waals surface area contributed by atoms with Crippen LogP contribution in [-0.2, 0) is 0 Å². The van der Waals surface area contributed by atoms with Gasteiger partial charge in [-0.25, -0.2) is 0 Å². The lowest BCUT2D eigenvalue weighted by Gasteiger charge is -2.09. The first-order valence-corrected chi connectivity index (χ1v) is 6.66. The Bertz CT molecular complexity index is 377. The van der Waals surface area contributed by atoms with Gasteiger partial charge in [-0.1, -0.05) is 0 Å². The lowest BCUT2D eigenvalue weighted by molar-refractivity contribution is 0.174. The first-order valence-electron chi connectivity index (χ1n) is 5.68. The molecule has 2 aliphatic heterocycles. The molecule has 1 aromatic rings. The molecular weight excluding hydrogens is 222 g/mol. The van der Waals surface area contributed by atoms with Crippen LogP contribution >= 0.6 is 11.8 Å². The van der Waals surface area contributed by atoms with Gasteiger partial charge in [-0.15, -0.1) is 11.8 Å². The number of hydrogen-bond donors (Lipinski definition) is 1. The fraction of sp³-hybridized carbons (Fsp3) is 0.500. The second-order valence-corrected chi connectivity index (χ2v) is 5.21. The number of rotatable bonds is 3. The molecule has 0 aliphatic carbocycles. The molecule has 4 heteroatoms. The standard InChI is InChI=1S/C12H15NO2S/c1-2-9(13-5-1)7-16-10-3-4-11-12(6-10)15-8-14-11/h3-4,6,9,13H,1-2,5,7-8H2. The number of thioether (sulfide) groups is 1. The van der Waals surface area contributed by atoms with Crippen LogP contribution in [0.3, 0.4) is 0 Å². The van der Waals surface area contributed by atoms with E-state index in [1.807, 2.05) is 17.8 Å². The molecule has 0 bridgehead atoms. The number of ether oxygens (including phenoxy) is 2. The van der Waals surface area contributed by atoms with Crippen LogP contribution in [0.4, 0.5) is 0 Å². The van der Waals surface area contributed by atoms with E-state index in [1.165, 1.54) is 24.3 Å². The third-order valence-corrected chi connectivity index (χ3v) is 4.11. The topological polar surface area (TPSA) is 30.5 Å². The molecule has 1 saturated heterocycles. The summed E-state index contributed by atoms with van der Waals surface area (Å²) in [7, 11) is 0. The molecular formula is C12H15NO2S. The van der Waals surface area contributed by atoms with Crippen molar-refractivity contribution >= 4 is 11.8 Å². The SMILES string of the molecule is c1cc2c(cc1SCC1CCCN1)OCO2. The van der Waals surface area contributed by atoms with E-state index >= 15 is 0 Å². The molecule has 1 aromatic carbocycles. The highest BCUT2D eigenvalue weighted by Gasteiger charge is 2.16. The Balaban J connectivity index is 1.61. The van der Waals surface area contributed by atoms with Gasteiger partial charge in [0, 0.05) is 16.7 Å². The summed E-state index contributed by atoms with van der Waals surface area (Å²) in [5.74, 6) is 2.88. The summed E-state index contributed by atoms with van der Waals surface area (Å²) in [6.45, 7) is 1.53. The molecule has 3 nitrogen and oxygen atoms in total. The zero-order chi connectivity index (χ0) is 10.8. The second-order valence-electron chi connectivity index (χ2n) is 4.12. The molecule has 1 unspecified atom stereocenters. The molecule has 86 valence electrons. The van der Waals surface area contributed by atoms with Crippen molar-refractivity contribution in [2.45, 2.75) is 23.8 Å². The predicted molar refractivity (Wildman–Crippen MR) is 64.3 cm³/mol. The van der Waals surface area contributed by atoms with Crippen molar-refractivity contribution in [2.75, 3.05) is 19.1 Å². The van der Waals surface area contributed by atoms with Gasteiger partial charge in [0.25, 0.3) is 0 Å². The number of nitrogens with one attached hydrogen (secondary N) is 1. The molecule has 2 aliphatic rings. The van der Waals surface area contributed by atoms with Crippen LogP contribution in [0.25, 0.3) is 0 Å². The van der Waals surface area contributed by atoms with E-state index in [1.54, 1.807) is 0 Å². The maximum absolute atomic E-state index is 5.36. The number of fused-ring (bicyclic) bond motifs is 1. The fourth-order valence-corrected chi connectivity index (χ4v) is 3.10. The Morgan fingerprint density at radius 1 is 1.31 bits per heavy atom. The van der Waals surface area contributed by atoms with Gasteiger partial charge in [-0.2, -0.15) is 0 Å². The molecule has 0 aromatic heterocycles. The Morgan fingerprint density at radius 2 is 2.25 bits per heavy atom. The second kappa shape index (κ2) is 4.55. The van der Waals surface area contributed by atoms with Crippen molar-refractivity contribution in [2.24, 2.45) is 0 Å². The largest absolute Gasteiger partial charge is 0.454 e. The zero-order valence-corrected chi connectivity index (χ0v) is 9.89. The van der Waals surface area contributed by atoms with Crippen molar-refractivity contribution in [3.63, 3.8) is 0 Å². The molecule has 0 spiro atoms. The van der Waals surface area contributed by atoms with Crippen molar-refractivity contribution in [3.8, 4) is 11.5 Å². The van der Waals surface area contributed by atoms with Crippen molar-refractivity contribution in [1.82, 2.24) is 5.32 Å². The summed E-state index contributed by atoms with van der Waals surface area (Å²) >= 11 is 1.89. The monoisotopic (exact) mass is 237 g/mol. The molecule has 1 fully saturated rings. The van der Waals surface area contributed by atoms with Gasteiger partial charge >= 0.3 is 0 Å². The molecule has 0 saturated carbocycles. The van der Waals surface area contributed by atoms with Crippen LogP contribution in [0.1, 0.15) is 12.8 Å². The van der Waals surface area contributed by atoms with Crippen molar-refractivity contribution in [1.29, 1.82) is 0 Å². The Labute approximate surface area is 99.5 Å². The summed E-state index contributed by atoms with van der Waals surface area (Å²) in [4.78, 5) is 1.26. The summed E-state index contributed by atoms with van der Waals surface area (Å²) in [5.41, 5.74) is 0. The maximum atomic E-state index is 5.36. The number of benzene rings is 1. The first-order chi connectivity index (χ1) is 7.92. The fourth-order valence-electron chi connectivity index (χ4n) is 2.06. The highest BCUT2D eigenvalue weighted by atomic mass is 32.2. The molecule has 0 radical (unpaired) electrons. The van der Waals surface area contributed by atoms with Crippen molar-refractivity contribution in [3.05, 3.63) is 18.2 Å². The number of hydrogen-bond acceptors (Lipinski definition) is 4. The zero-order valence-electron chi connectivity index (χ0n) is 9.07. The average molecular weight is 237 g/mol. The molecule has 16 heavy (non-hydrogen) atoms. The normalized spacial score (nSPS) is 22.6. The Morgan fingerprint density at radius 3 is 3.12 bits per heavy atom. The van der Waals surface area contributed by atoms with Gasteiger partial charge in [0.1, 0.15) is 0 Å². The molecule has 1 N–H and O–H groups in total. The van der Waals surface area contributed by atoms with E-state index in [4.69, 9.17) is 9.47 Å². The van der Waals surface area contributed by atoms with Crippen LogP contribution in [0.15, 0.2) is 23.1 Å². The summed E-state index contributed by atoms with van der Waals surface area (Å²) in [6, 6.07) is 6.84. The first kappa shape index (κ1) is 10.3. The smallest absolute Gasteiger partial charge is 0.231 e. The summed E-state index contributed by atoms with van der Waals surface area (Å²) in [6.07, 6.45) is 2.61. The highest BCUT2D eigenvalue weighted by molar-refractivity contribution is 7.99. The maximum Gasteiger partial charge on any atom is 0.231 e. The van der Waals surface area contributed by atoms with Crippen LogP contribution < -0.4 is 14.8 Å².